The van der Waals surface area contributed by atoms with Gasteiger partial charge in [-0.15, -0.1) is 11.8 Å². The normalized spacial score (nSPS) is 11.0. The van der Waals surface area contributed by atoms with Gasteiger partial charge in [0.25, 0.3) is 5.56 Å². The first kappa shape index (κ1) is 18.4. The number of hydrogen-bond acceptors (Lipinski definition) is 7. The van der Waals surface area contributed by atoms with Gasteiger partial charge in [0.05, 0.1) is 12.0 Å². The zero-order chi connectivity index (χ0) is 19.5. The third-order valence-corrected chi connectivity index (χ3v) is 5.42. The highest BCUT2D eigenvalue weighted by Gasteiger charge is 2.14. The Morgan fingerprint density at radius 3 is 2.93 bits per heavy atom. The van der Waals surface area contributed by atoms with E-state index < -0.39 is 0 Å². The molecule has 28 heavy (non-hydrogen) atoms. The minimum Gasteiger partial charge on any atom is -0.461 e. The molecule has 0 bridgehead atoms. The minimum atomic E-state index is -0.300. The van der Waals surface area contributed by atoms with Crippen LogP contribution in [0.15, 0.2) is 68.0 Å². The van der Waals surface area contributed by atoms with E-state index in [9.17, 15) is 9.59 Å². The first-order chi connectivity index (χ1) is 13.6. The molecule has 8 nitrogen and oxygen atoms in total. The van der Waals surface area contributed by atoms with E-state index in [0.29, 0.717) is 22.4 Å². The number of hydrogen-bond donors (Lipinski definition) is 2. The maximum Gasteiger partial charge on any atom is 0.266 e. The van der Waals surface area contributed by atoms with Crippen molar-refractivity contribution in [3.8, 4) is 11.6 Å². The largest absolute Gasteiger partial charge is 0.461 e. The zero-order valence-corrected chi connectivity index (χ0v) is 16.3. The first-order valence-corrected chi connectivity index (χ1v) is 10.4. The molecule has 0 atom stereocenters. The molecule has 1 aromatic carbocycles. The summed E-state index contributed by atoms with van der Waals surface area (Å²) in [5, 5.41) is 5.94. The average molecular weight is 413 g/mol. The number of thioether (sulfide) groups is 2. The SMILES string of the molecule is CSc1cccc(NC(=O)CSc2nc(-c3ccco3)nc3cc(=O)[nH]n23)c1. The highest BCUT2D eigenvalue weighted by Crippen LogP contribution is 2.23. The van der Waals surface area contributed by atoms with Gasteiger partial charge in [-0.25, -0.2) is 9.50 Å². The van der Waals surface area contributed by atoms with E-state index in [4.69, 9.17) is 4.42 Å². The van der Waals surface area contributed by atoms with Gasteiger partial charge in [-0.05, 0) is 36.6 Å². The molecule has 4 rings (SSSR count). The van der Waals surface area contributed by atoms with Crippen LogP contribution in [0, 0.1) is 0 Å². The molecule has 0 spiro atoms. The van der Waals surface area contributed by atoms with Crippen LogP contribution < -0.4 is 10.9 Å². The van der Waals surface area contributed by atoms with Crippen molar-refractivity contribution in [2.45, 2.75) is 10.1 Å². The van der Waals surface area contributed by atoms with E-state index in [1.807, 2.05) is 30.5 Å². The van der Waals surface area contributed by atoms with E-state index in [0.717, 1.165) is 10.6 Å². The van der Waals surface area contributed by atoms with Crippen molar-refractivity contribution in [3.63, 3.8) is 0 Å². The summed E-state index contributed by atoms with van der Waals surface area (Å²) in [4.78, 5) is 33.9. The Labute approximate surface area is 167 Å². The van der Waals surface area contributed by atoms with Crippen LogP contribution in [0.2, 0.25) is 0 Å². The van der Waals surface area contributed by atoms with Crippen LogP contribution in [-0.4, -0.2) is 37.5 Å². The number of rotatable bonds is 6. The lowest BCUT2D eigenvalue weighted by Crippen LogP contribution is -2.15. The molecule has 3 heterocycles. The molecule has 0 aliphatic rings. The second kappa shape index (κ2) is 7.95. The number of aromatic amines is 1. The number of amides is 1. The second-order valence-electron chi connectivity index (χ2n) is 5.69. The number of carbonyl (C=O) groups is 1. The fourth-order valence-corrected chi connectivity index (χ4v) is 3.74. The number of fused-ring (bicyclic) bond motifs is 1. The zero-order valence-electron chi connectivity index (χ0n) is 14.7. The number of nitrogens with zero attached hydrogens (tertiary/aromatic N) is 3. The van der Waals surface area contributed by atoms with Gasteiger partial charge in [0, 0.05) is 16.6 Å². The first-order valence-electron chi connectivity index (χ1n) is 8.23. The highest BCUT2D eigenvalue weighted by molar-refractivity contribution is 7.99. The number of carbonyl (C=O) groups excluding carboxylic acids is 1. The molecule has 4 aromatic rings. The molecule has 10 heteroatoms. The molecule has 1 amide bonds. The maximum absolute atomic E-state index is 12.4. The van der Waals surface area contributed by atoms with Crippen molar-refractivity contribution in [1.29, 1.82) is 0 Å². The molecule has 0 aliphatic heterocycles. The number of nitrogens with one attached hydrogen (secondary N) is 2. The smallest absolute Gasteiger partial charge is 0.266 e. The molecule has 3 aromatic heterocycles. The van der Waals surface area contributed by atoms with Crippen molar-refractivity contribution in [2.24, 2.45) is 0 Å². The summed E-state index contributed by atoms with van der Waals surface area (Å²) < 4.78 is 6.80. The van der Waals surface area contributed by atoms with Gasteiger partial charge in [0.2, 0.25) is 5.91 Å². The fraction of sp³-hybridized carbons (Fsp3) is 0.111. The van der Waals surface area contributed by atoms with Crippen LogP contribution in [-0.2, 0) is 4.79 Å². The third kappa shape index (κ3) is 3.97. The molecule has 0 unspecified atom stereocenters. The lowest BCUT2D eigenvalue weighted by molar-refractivity contribution is -0.113. The van der Waals surface area contributed by atoms with Crippen molar-refractivity contribution in [2.75, 3.05) is 17.3 Å². The van der Waals surface area contributed by atoms with Crippen molar-refractivity contribution >= 4 is 40.8 Å². The Balaban J connectivity index is 1.55. The number of furan rings is 1. The van der Waals surface area contributed by atoms with E-state index in [2.05, 4.69) is 20.4 Å². The molecule has 0 saturated heterocycles. The molecule has 0 aliphatic carbocycles. The summed E-state index contributed by atoms with van der Waals surface area (Å²) in [7, 11) is 0. The molecular formula is C18H15N5O3S2. The van der Waals surface area contributed by atoms with Crippen LogP contribution >= 0.6 is 23.5 Å². The lowest BCUT2D eigenvalue weighted by atomic mass is 10.3. The Morgan fingerprint density at radius 2 is 2.14 bits per heavy atom. The van der Waals surface area contributed by atoms with Crippen LogP contribution in [0.3, 0.4) is 0 Å². The summed E-state index contributed by atoms with van der Waals surface area (Å²) in [5.74, 6) is 0.771. The van der Waals surface area contributed by atoms with Crippen LogP contribution in [0.4, 0.5) is 5.69 Å². The van der Waals surface area contributed by atoms with Crippen LogP contribution in [0.25, 0.3) is 17.2 Å². The van der Waals surface area contributed by atoms with Gasteiger partial charge < -0.3 is 9.73 Å². The Hall–Kier alpha value is -2.98. The summed E-state index contributed by atoms with van der Waals surface area (Å²) in [6.45, 7) is 0. The predicted molar refractivity (Wildman–Crippen MR) is 109 cm³/mol. The van der Waals surface area contributed by atoms with Crippen molar-refractivity contribution in [3.05, 3.63) is 59.1 Å². The van der Waals surface area contributed by atoms with Gasteiger partial charge in [-0.3, -0.25) is 14.7 Å². The van der Waals surface area contributed by atoms with E-state index >= 15 is 0 Å². The molecule has 0 radical (unpaired) electrons. The standard InChI is InChI=1S/C18H15N5O3S2/c1-27-12-5-2-4-11(8-12)19-16(25)10-28-18-21-17(13-6-3-7-26-13)20-14-9-15(24)22-23(14)18/h2-9H,10H2,1H3,(H,19,25)(H,22,24). The van der Waals surface area contributed by atoms with Gasteiger partial charge in [-0.1, -0.05) is 17.8 Å². The summed E-state index contributed by atoms with van der Waals surface area (Å²) in [6.07, 6.45) is 3.50. The molecule has 0 saturated carbocycles. The average Bonchev–Trinajstić information content (AvgIpc) is 3.35. The predicted octanol–water partition coefficient (Wildman–Crippen LogP) is 3.13. The van der Waals surface area contributed by atoms with Gasteiger partial charge in [-0.2, -0.15) is 4.98 Å². The summed E-state index contributed by atoms with van der Waals surface area (Å²) >= 11 is 2.80. The summed E-state index contributed by atoms with van der Waals surface area (Å²) in [5.41, 5.74) is 0.837. The maximum atomic E-state index is 12.4. The van der Waals surface area contributed by atoms with Gasteiger partial charge in [0.15, 0.2) is 22.4 Å². The van der Waals surface area contributed by atoms with Gasteiger partial charge >= 0.3 is 0 Å². The van der Waals surface area contributed by atoms with Crippen molar-refractivity contribution < 1.29 is 9.21 Å². The number of aromatic nitrogens is 4. The minimum absolute atomic E-state index is 0.118. The van der Waals surface area contributed by atoms with Crippen LogP contribution in [0.5, 0.6) is 0 Å². The quantitative estimate of drug-likeness (QED) is 0.468. The van der Waals surface area contributed by atoms with Crippen molar-refractivity contribution in [1.82, 2.24) is 19.6 Å². The Morgan fingerprint density at radius 1 is 1.25 bits per heavy atom. The Bertz CT molecular complexity index is 1180. The topological polar surface area (TPSA) is 105 Å². The second-order valence-corrected chi connectivity index (χ2v) is 7.51. The molecular weight excluding hydrogens is 398 g/mol. The van der Waals surface area contributed by atoms with Crippen LogP contribution in [0.1, 0.15) is 0 Å². The number of anilines is 1. The third-order valence-electron chi connectivity index (χ3n) is 3.75. The highest BCUT2D eigenvalue weighted by atomic mass is 32.2. The van der Waals surface area contributed by atoms with E-state index in [1.54, 1.807) is 23.9 Å². The van der Waals surface area contributed by atoms with E-state index in [1.165, 1.54) is 28.6 Å². The monoisotopic (exact) mass is 413 g/mol. The number of benzene rings is 1. The molecule has 0 fully saturated rings. The number of H-pyrrole nitrogens is 1. The fourth-order valence-electron chi connectivity index (χ4n) is 2.52. The molecule has 2 N–H and O–H groups in total. The summed E-state index contributed by atoms with van der Waals surface area (Å²) in [6, 6.07) is 12.4. The van der Waals surface area contributed by atoms with E-state index in [-0.39, 0.29) is 17.2 Å². The Kier molecular flexibility index (Phi) is 5.22. The molecule has 142 valence electrons. The lowest BCUT2D eigenvalue weighted by Gasteiger charge is -2.08. The van der Waals surface area contributed by atoms with Gasteiger partial charge in [0.1, 0.15) is 0 Å².